The minimum absolute atomic E-state index is 0.187. The van der Waals surface area contributed by atoms with Crippen LogP contribution in [-0.4, -0.2) is 123 Å². The van der Waals surface area contributed by atoms with Gasteiger partial charge in [0.25, 0.3) is 0 Å². The Morgan fingerprint density at radius 3 is 1.70 bits per heavy atom. The molecule has 3 aliphatic rings. The average Bonchev–Trinajstić information content (AvgIpc) is 3.59. The molecule has 0 aromatic rings. The van der Waals surface area contributed by atoms with Crippen LogP contribution in [0, 0.1) is 5.41 Å². The van der Waals surface area contributed by atoms with Crippen LogP contribution in [0.2, 0.25) is 0 Å². The van der Waals surface area contributed by atoms with E-state index in [-0.39, 0.29) is 38.7 Å². The molecule has 3 rings (SSSR count). The van der Waals surface area contributed by atoms with Gasteiger partial charge in [0.1, 0.15) is 25.9 Å². The van der Waals surface area contributed by atoms with Crippen LogP contribution in [0.5, 0.6) is 0 Å². The van der Waals surface area contributed by atoms with E-state index < -0.39 is 29.9 Å². The van der Waals surface area contributed by atoms with Gasteiger partial charge in [0, 0.05) is 52.4 Å². The lowest BCUT2D eigenvalue weighted by molar-refractivity contribution is -0.166. The first-order valence-electron chi connectivity index (χ1n) is 10.7. The molecule has 30 heavy (non-hydrogen) atoms. The second-order valence-corrected chi connectivity index (χ2v) is 8.48. The predicted octanol–water partition coefficient (Wildman–Crippen LogP) is -1.29. The van der Waals surface area contributed by atoms with Crippen molar-refractivity contribution in [2.75, 3.05) is 78.8 Å². The summed E-state index contributed by atoms with van der Waals surface area (Å²) in [5, 5.41) is 10.0. The maximum absolute atomic E-state index is 12.3. The van der Waals surface area contributed by atoms with E-state index in [1.54, 1.807) is 6.92 Å². The molecule has 10 nitrogen and oxygen atoms in total. The van der Waals surface area contributed by atoms with Crippen molar-refractivity contribution in [3.63, 3.8) is 0 Å². The largest absolute Gasteiger partial charge is 0.465 e. The normalized spacial score (nSPS) is 19.8. The number of carbonyl (C=O) groups excluding carboxylic acids is 3. The van der Waals surface area contributed by atoms with Crippen LogP contribution in [0.1, 0.15) is 19.8 Å². The van der Waals surface area contributed by atoms with E-state index >= 15 is 0 Å². The van der Waals surface area contributed by atoms with E-state index in [9.17, 15) is 19.5 Å². The summed E-state index contributed by atoms with van der Waals surface area (Å²) in [5.74, 6) is -1.20. The first-order chi connectivity index (χ1) is 14.4. The van der Waals surface area contributed by atoms with Crippen molar-refractivity contribution in [3.8, 4) is 0 Å². The molecular weight excluding hydrogens is 394 g/mol. The quantitative estimate of drug-likeness (QED) is 0.193. The highest BCUT2D eigenvalue weighted by Gasteiger charge is 2.38. The fraction of sp³-hybridized carbons (Fsp3) is 0.850. The summed E-state index contributed by atoms with van der Waals surface area (Å²) in [6.07, 6.45) is 0.506. The van der Waals surface area contributed by atoms with Crippen LogP contribution in [0.25, 0.3) is 0 Å². The number of hydrogen-bond acceptors (Lipinski definition) is 10. The number of carbonyl (C=O) groups is 3. The average molecular weight is 427 g/mol. The lowest BCUT2D eigenvalue weighted by Crippen LogP contribution is -2.44. The van der Waals surface area contributed by atoms with Crippen molar-refractivity contribution in [2.24, 2.45) is 5.41 Å². The second kappa shape index (κ2) is 10.5. The minimum Gasteiger partial charge on any atom is -0.465 e. The first-order valence-corrected chi connectivity index (χ1v) is 10.7. The number of nitrogens with zero attached hydrogens (tertiary/aromatic N) is 3. The van der Waals surface area contributed by atoms with Gasteiger partial charge in [-0.05, 0) is 6.92 Å². The van der Waals surface area contributed by atoms with Crippen LogP contribution < -0.4 is 0 Å². The van der Waals surface area contributed by atoms with Crippen LogP contribution in [0.4, 0.5) is 0 Å². The molecule has 3 heterocycles. The van der Waals surface area contributed by atoms with E-state index in [2.05, 4.69) is 9.80 Å². The summed E-state index contributed by atoms with van der Waals surface area (Å²) in [7, 11) is 0. The van der Waals surface area contributed by atoms with Crippen molar-refractivity contribution in [1.29, 1.82) is 0 Å². The highest BCUT2D eigenvalue weighted by Crippen LogP contribution is 2.21. The van der Waals surface area contributed by atoms with Gasteiger partial charge < -0.3 is 29.1 Å². The van der Waals surface area contributed by atoms with Crippen molar-refractivity contribution >= 4 is 17.9 Å². The Kier molecular flexibility index (Phi) is 8.04. The molecule has 1 unspecified atom stereocenters. The van der Waals surface area contributed by atoms with Crippen molar-refractivity contribution in [3.05, 3.63) is 0 Å². The molecular formula is C20H33N3O7. The van der Waals surface area contributed by atoms with E-state index in [0.717, 1.165) is 39.3 Å². The SMILES string of the molecule is CC(C(=O)OCC(CO)(COC(=O)CCN1CC1)COC(=O)CCN1CC1)N1CC1. The number of rotatable bonds is 15. The number of esters is 3. The van der Waals surface area contributed by atoms with E-state index in [1.807, 2.05) is 4.90 Å². The molecule has 0 aliphatic carbocycles. The van der Waals surface area contributed by atoms with E-state index in [0.29, 0.717) is 13.1 Å². The van der Waals surface area contributed by atoms with Crippen LogP contribution in [0.3, 0.4) is 0 Å². The van der Waals surface area contributed by atoms with E-state index in [1.165, 1.54) is 0 Å². The molecule has 0 radical (unpaired) electrons. The Hall–Kier alpha value is -1.75. The Morgan fingerprint density at radius 2 is 1.30 bits per heavy atom. The molecule has 3 fully saturated rings. The Balaban J connectivity index is 1.49. The lowest BCUT2D eigenvalue weighted by Gasteiger charge is -2.30. The molecule has 0 spiro atoms. The number of ether oxygens (including phenoxy) is 3. The third kappa shape index (κ3) is 7.82. The van der Waals surface area contributed by atoms with Gasteiger partial charge in [-0.15, -0.1) is 0 Å². The maximum Gasteiger partial charge on any atom is 0.323 e. The van der Waals surface area contributed by atoms with Gasteiger partial charge in [-0.1, -0.05) is 0 Å². The molecule has 3 saturated heterocycles. The summed E-state index contributed by atoms with van der Waals surface area (Å²) in [6.45, 7) is 7.69. The molecule has 3 aliphatic heterocycles. The topological polar surface area (TPSA) is 108 Å². The summed E-state index contributed by atoms with van der Waals surface area (Å²) >= 11 is 0. The molecule has 1 N–H and O–H groups in total. The zero-order valence-electron chi connectivity index (χ0n) is 17.7. The summed E-state index contributed by atoms with van der Waals surface area (Å²) in [6, 6.07) is -0.369. The zero-order valence-corrected chi connectivity index (χ0v) is 17.7. The standard InChI is InChI=1S/C20H33N3O7/c1-16(23-10-11-23)19(27)30-15-20(12-24,13-28-17(25)2-4-21-6-7-21)14-29-18(26)3-5-22-8-9-22/h16,24H,2-15H2,1H3. The van der Waals surface area contributed by atoms with E-state index in [4.69, 9.17) is 14.2 Å². The van der Waals surface area contributed by atoms with Gasteiger partial charge >= 0.3 is 17.9 Å². The van der Waals surface area contributed by atoms with Gasteiger partial charge in [0.05, 0.1) is 24.9 Å². The highest BCUT2D eigenvalue weighted by atomic mass is 16.6. The molecule has 0 bridgehead atoms. The molecule has 10 heteroatoms. The van der Waals surface area contributed by atoms with Gasteiger partial charge in [0.15, 0.2) is 0 Å². The number of aliphatic hydroxyl groups excluding tert-OH is 1. The molecule has 170 valence electrons. The smallest absolute Gasteiger partial charge is 0.323 e. The molecule has 0 amide bonds. The number of hydrogen-bond donors (Lipinski definition) is 1. The first kappa shape index (κ1) is 22.9. The van der Waals surface area contributed by atoms with Gasteiger partial charge in [-0.3, -0.25) is 19.3 Å². The van der Waals surface area contributed by atoms with Crippen molar-refractivity contribution in [2.45, 2.75) is 25.8 Å². The van der Waals surface area contributed by atoms with Crippen LogP contribution in [0.15, 0.2) is 0 Å². The van der Waals surface area contributed by atoms with Crippen molar-refractivity contribution in [1.82, 2.24) is 14.7 Å². The monoisotopic (exact) mass is 427 g/mol. The molecule has 0 saturated carbocycles. The van der Waals surface area contributed by atoms with Gasteiger partial charge in [0.2, 0.25) is 0 Å². The zero-order chi connectivity index (χ0) is 21.6. The second-order valence-electron chi connectivity index (χ2n) is 8.48. The molecule has 0 aromatic carbocycles. The van der Waals surface area contributed by atoms with Gasteiger partial charge in [-0.2, -0.15) is 0 Å². The Labute approximate surface area is 177 Å². The van der Waals surface area contributed by atoms with Crippen LogP contribution >= 0.6 is 0 Å². The predicted molar refractivity (Wildman–Crippen MR) is 106 cm³/mol. The fourth-order valence-electron chi connectivity index (χ4n) is 2.90. The maximum atomic E-state index is 12.3. The summed E-state index contributed by atoms with van der Waals surface area (Å²) in [5.41, 5.74) is -1.18. The van der Waals surface area contributed by atoms with Crippen LogP contribution in [-0.2, 0) is 28.6 Å². The summed E-state index contributed by atoms with van der Waals surface area (Å²) < 4.78 is 16.1. The molecule has 0 aromatic heterocycles. The molecule has 1 atom stereocenters. The fourth-order valence-corrected chi connectivity index (χ4v) is 2.90. The Bertz CT molecular complexity index is 586. The lowest BCUT2D eigenvalue weighted by atomic mass is 9.92. The minimum atomic E-state index is -1.18. The van der Waals surface area contributed by atoms with Crippen molar-refractivity contribution < 1.29 is 33.7 Å². The Morgan fingerprint density at radius 1 is 0.833 bits per heavy atom. The summed E-state index contributed by atoms with van der Waals surface area (Å²) in [4.78, 5) is 42.5. The number of aliphatic hydroxyl groups is 1. The van der Waals surface area contributed by atoms with Gasteiger partial charge in [-0.25, -0.2) is 0 Å². The third-order valence-electron chi connectivity index (χ3n) is 5.65. The third-order valence-corrected chi connectivity index (χ3v) is 5.65. The highest BCUT2D eigenvalue weighted by molar-refractivity contribution is 5.75.